The Hall–Kier alpha value is -2.67. The number of nitrogens with one attached hydrogen (secondary N) is 1. The molecule has 1 fully saturated rings. The Bertz CT molecular complexity index is 797. The summed E-state index contributed by atoms with van der Waals surface area (Å²) in [4.78, 5) is 34.8. The van der Waals surface area contributed by atoms with Crippen LogP contribution in [0.15, 0.2) is 36.8 Å². The zero-order valence-electron chi connectivity index (χ0n) is 14.3. The summed E-state index contributed by atoms with van der Waals surface area (Å²) < 4.78 is 5.15. The van der Waals surface area contributed by atoms with Crippen molar-refractivity contribution in [1.82, 2.24) is 14.9 Å². The van der Waals surface area contributed by atoms with E-state index in [1.54, 1.807) is 29.2 Å². The molecule has 0 spiro atoms. The number of benzene rings is 1. The molecule has 0 bridgehead atoms. The first kappa shape index (κ1) is 18.1. The van der Waals surface area contributed by atoms with Crippen molar-refractivity contribution in [2.75, 3.05) is 25.5 Å². The minimum atomic E-state index is -0.306. The van der Waals surface area contributed by atoms with E-state index < -0.39 is 0 Å². The molecule has 2 aromatic rings. The van der Waals surface area contributed by atoms with Crippen LogP contribution in [0.4, 0.5) is 5.82 Å². The molecule has 1 aromatic carbocycles. The predicted octanol–water partition coefficient (Wildman–Crippen LogP) is 2.63. The number of carbonyl (C=O) groups is 2. The molecule has 0 unspecified atom stereocenters. The van der Waals surface area contributed by atoms with Crippen LogP contribution >= 0.6 is 11.6 Å². The summed E-state index contributed by atoms with van der Waals surface area (Å²) in [6.07, 6.45) is 4.30. The highest BCUT2D eigenvalue weighted by Crippen LogP contribution is 2.23. The van der Waals surface area contributed by atoms with Gasteiger partial charge in [0.25, 0.3) is 5.91 Å². The highest BCUT2D eigenvalue weighted by Gasteiger charge is 2.29. The van der Waals surface area contributed by atoms with Crippen LogP contribution in [0.2, 0.25) is 5.02 Å². The number of nitrogens with zero attached hydrogens (tertiary/aromatic N) is 3. The smallest absolute Gasteiger partial charge is 0.253 e. The van der Waals surface area contributed by atoms with Gasteiger partial charge < -0.3 is 15.0 Å². The number of halogens is 1. The van der Waals surface area contributed by atoms with E-state index in [2.05, 4.69) is 15.3 Å². The first-order valence-electron chi connectivity index (χ1n) is 8.28. The standard InChI is InChI=1S/C18H19ClN4O3/c1-26-15-9-20-11-21-16(15)22-17(24)13-3-2-8-23(10-13)18(25)12-4-6-14(19)7-5-12/h4-7,9,11,13H,2-3,8,10H2,1H3,(H,20,21,22,24)/t13-/m1/s1. The number of rotatable bonds is 4. The monoisotopic (exact) mass is 374 g/mol. The van der Waals surface area contributed by atoms with Gasteiger partial charge in [0.2, 0.25) is 5.91 Å². The summed E-state index contributed by atoms with van der Waals surface area (Å²) in [6.45, 7) is 0.989. The highest BCUT2D eigenvalue weighted by atomic mass is 35.5. The summed E-state index contributed by atoms with van der Waals surface area (Å²) in [7, 11) is 1.49. The van der Waals surface area contributed by atoms with Gasteiger partial charge in [-0.05, 0) is 37.1 Å². The van der Waals surface area contributed by atoms with E-state index in [1.165, 1.54) is 19.6 Å². The molecule has 136 valence electrons. The highest BCUT2D eigenvalue weighted by molar-refractivity contribution is 6.30. The van der Waals surface area contributed by atoms with E-state index >= 15 is 0 Å². The molecule has 8 heteroatoms. The van der Waals surface area contributed by atoms with Gasteiger partial charge in [0.15, 0.2) is 11.6 Å². The summed E-state index contributed by atoms with van der Waals surface area (Å²) in [5.41, 5.74) is 0.563. The topological polar surface area (TPSA) is 84.4 Å². The van der Waals surface area contributed by atoms with E-state index in [9.17, 15) is 9.59 Å². The van der Waals surface area contributed by atoms with Gasteiger partial charge in [-0.15, -0.1) is 0 Å². The number of ether oxygens (including phenoxy) is 1. The Labute approximate surface area is 156 Å². The molecule has 1 aliphatic rings. The molecule has 2 heterocycles. The SMILES string of the molecule is COc1cncnc1NC(=O)[C@@H]1CCCN(C(=O)c2ccc(Cl)cc2)C1. The lowest BCUT2D eigenvalue weighted by atomic mass is 9.96. The van der Waals surface area contributed by atoms with Gasteiger partial charge in [-0.1, -0.05) is 11.6 Å². The van der Waals surface area contributed by atoms with Crippen LogP contribution < -0.4 is 10.1 Å². The third kappa shape index (κ3) is 4.11. The third-order valence-electron chi connectivity index (χ3n) is 4.31. The average molecular weight is 375 g/mol. The molecule has 0 radical (unpaired) electrons. The number of aromatic nitrogens is 2. The number of carbonyl (C=O) groups excluding carboxylic acids is 2. The number of methoxy groups -OCH3 is 1. The van der Waals surface area contributed by atoms with Crippen LogP contribution in [0.1, 0.15) is 23.2 Å². The van der Waals surface area contributed by atoms with E-state index in [4.69, 9.17) is 16.3 Å². The lowest BCUT2D eigenvalue weighted by Crippen LogP contribution is -2.43. The first-order chi connectivity index (χ1) is 12.6. The summed E-state index contributed by atoms with van der Waals surface area (Å²) in [5, 5.41) is 3.35. The molecule has 0 aliphatic carbocycles. The summed E-state index contributed by atoms with van der Waals surface area (Å²) in [6, 6.07) is 6.76. The van der Waals surface area contributed by atoms with Gasteiger partial charge in [0.1, 0.15) is 6.33 Å². The Morgan fingerprint density at radius 1 is 1.31 bits per heavy atom. The maximum Gasteiger partial charge on any atom is 0.253 e. The molecule has 1 aromatic heterocycles. The molecule has 1 saturated heterocycles. The van der Waals surface area contributed by atoms with Gasteiger partial charge in [0, 0.05) is 23.7 Å². The lowest BCUT2D eigenvalue weighted by Gasteiger charge is -2.32. The van der Waals surface area contributed by atoms with E-state index in [-0.39, 0.29) is 17.7 Å². The van der Waals surface area contributed by atoms with E-state index in [0.29, 0.717) is 41.7 Å². The molecule has 26 heavy (non-hydrogen) atoms. The van der Waals surface area contributed by atoms with Gasteiger partial charge in [-0.3, -0.25) is 9.59 Å². The molecule has 3 rings (SSSR count). The average Bonchev–Trinajstić information content (AvgIpc) is 2.68. The zero-order valence-corrected chi connectivity index (χ0v) is 15.1. The molecular formula is C18H19ClN4O3. The van der Waals surface area contributed by atoms with Crippen molar-refractivity contribution in [3.05, 3.63) is 47.4 Å². The molecule has 0 saturated carbocycles. The van der Waals surface area contributed by atoms with Gasteiger partial charge in [-0.25, -0.2) is 9.97 Å². The largest absolute Gasteiger partial charge is 0.491 e. The first-order valence-corrected chi connectivity index (χ1v) is 8.66. The van der Waals surface area contributed by atoms with Crippen LogP contribution in [0, 0.1) is 5.92 Å². The molecule has 1 N–H and O–H groups in total. The fraction of sp³-hybridized carbons (Fsp3) is 0.333. The van der Waals surface area contributed by atoms with Crippen LogP contribution in [0.3, 0.4) is 0 Å². The Kier molecular flexibility index (Phi) is 5.68. The van der Waals surface area contributed by atoms with Crippen molar-refractivity contribution in [3.8, 4) is 5.75 Å². The Morgan fingerprint density at radius 2 is 2.08 bits per heavy atom. The number of amides is 2. The summed E-state index contributed by atoms with van der Waals surface area (Å²) >= 11 is 5.87. The van der Waals surface area contributed by atoms with Gasteiger partial charge in [-0.2, -0.15) is 0 Å². The Morgan fingerprint density at radius 3 is 2.81 bits per heavy atom. The zero-order chi connectivity index (χ0) is 18.5. The maximum absolute atomic E-state index is 12.6. The maximum atomic E-state index is 12.6. The second-order valence-electron chi connectivity index (χ2n) is 6.03. The lowest BCUT2D eigenvalue weighted by molar-refractivity contribution is -0.121. The molecule has 1 aliphatic heterocycles. The third-order valence-corrected chi connectivity index (χ3v) is 4.56. The Balaban J connectivity index is 1.66. The van der Waals surface area contributed by atoms with Crippen molar-refractivity contribution in [2.24, 2.45) is 5.92 Å². The molecule has 7 nitrogen and oxygen atoms in total. The normalized spacial score (nSPS) is 16.8. The number of piperidine rings is 1. The fourth-order valence-corrected chi connectivity index (χ4v) is 3.06. The van der Waals surface area contributed by atoms with Crippen molar-refractivity contribution in [3.63, 3.8) is 0 Å². The van der Waals surface area contributed by atoms with Crippen LogP contribution in [-0.2, 0) is 4.79 Å². The fourth-order valence-electron chi connectivity index (χ4n) is 2.93. The molecule has 1 atom stereocenters. The molecular weight excluding hydrogens is 356 g/mol. The van der Waals surface area contributed by atoms with E-state index in [1.807, 2.05) is 0 Å². The minimum Gasteiger partial charge on any atom is -0.491 e. The van der Waals surface area contributed by atoms with Crippen LogP contribution in [0.5, 0.6) is 5.75 Å². The number of likely N-dealkylation sites (tertiary alicyclic amines) is 1. The van der Waals surface area contributed by atoms with Crippen molar-refractivity contribution in [2.45, 2.75) is 12.8 Å². The second-order valence-corrected chi connectivity index (χ2v) is 6.46. The number of hydrogen-bond donors (Lipinski definition) is 1. The quantitative estimate of drug-likeness (QED) is 0.889. The van der Waals surface area contributed by atoms with Gasteiger partial charge >= 0.3 is 0 Å². The number of anilines is 1. The van der Waals surface area contributed by atoms with Crippen molar-refractivity contribution in [1.29, 1.82) is 0 Å². The predicted molar refractivity (Wildman–Crippen MR) is 97.3 cm³/mol. The second kappa shape index (κ2) is 8.14. The van der Waals surface area contributed by atoms with Gasteiger partial charge in [0.05, 0.1) is 19.2 Å². The number of hydrogen-bond acceptors (Lipinski definition) is 5. The van der Waals surface area contributed by atoms with Crippen molar-refractivity contribution < 1.29 is 14.3 Å². The minimum absolute atomic E-state index is 0.0983. The van der Waals surface area contributed by atoms with Crippen LogP contribution in [-0.4, -0.2) is 46.9 Å². The molecule has 2 amide bonds. The van der Waals surface area contributed by atoms with Crippen LogP contribution in [0.25, 0.3) is 0 Å². The summed E-state index contributed by atoms with van der Waals surface area (Å²) in [5.74, 6) is 0.133. The van der Waals surface area contributed by atoms with E-state index in [0.717, 1.165) is 6.42 Å². The van der Waals surface area contributed by atoms with Crippen molar-refractivity contribution >= 4 is 29.2 Å².